The van der Waals surface area contributed by atoms with E-state index in [9.17, 15) is 4.79 Å². The van der Waals surface area contributed by atoms with Gasteiger partial charge in [-0.15, -0.1) is 11.3 Å². The molecule has 6 heteroatoms. The highest BCUT2D eigenvalue weighted by Gasteiger charge is 2.26. The fraction of sp³-hybridized carbons (Fsp3) is 0.571. The monoisotopic (exact) mass is 388 g/mol. The number of unbranched alkanes of at least 4 members (excludes halogenated alkanes) is 1. The molecule has 0 fully saturated rings. The molecule has 1 aliphatic carbocycles. The van der Waals surface area contributed by atoms with Crippen molar-refractivity contribution in [2.24, 2.45) is 4.99 Å². The number of fused-ring (bicyclic) bond motifs is 3. The third kappa shape index (κ3) is 4.15. The summed E-state index contributed by atoms with van der Waals surface area (Å²) >= 11 is 1.40. The van der Waals surface area contributed by atoms with Crippen LogP contribution in [0.5, 0.6) is 0 Å². The zero-order valence-electron chi connectivity index (χ0n) is 16.5. The Balaban J connectivity index is 2.20. The third-order valence-corrected chi connectivity index (χ3v) is 5.92. The third-order valence-electron chi connectivity index (χ3n) is 4.87. The van der Waals surface area contributed by atoms with Gasteiger partial charge in [0.25, 0.3) is 0 Å². The molecule has 0 unspecified atom stereocenters. The Kier molecular flexibility index (Phi) is 6.83. The number of hydrogen-bond donors (Lipinski definition) is 0. The van der Waals surface area contributed by atoms with E-state index < -0.39 is 0 Å². The normalized spacial score (nSPS) is 13.9. The van der Waals surface area contributed by atoms with E-state index in [4.69, 9.17) is 14.5 Å². The second-order valence-corrected chi connectivity index (χ2v) is 7.70. The van der Waals surface area contributed by atoms with Crippen LogP contribution in [0.15, 0.2) is 4.99 Å². The maximum Gasteiger partial charge on any atom is 0.350 e. The van der Waals surface area contributed by atoms with E-state index in [0.29, 0.717) is 23.8 Å². The van der Waals surface area contributed by atoms with E-state index >= 15 is 0 Å². The van der Waals surface area contributed by atoms with E-state index in [0.717, 1.165) is 42.3 Å². The minimum atomic E-state index is -0.330. The van der Waals surface area contributed by atoms with Gasteiger partial charge in [0.15, 0.2) is 6.40 Å². The SMILES string of the molecule is CCCCc1nc2sc(C(=O)OCC)c(N=COCC)c2c2c1CCCC2. The summed E-state index contributed by atoms with van der Waals surface area (Å²) in [5.41, 5.74) is 4.57. The van der Waals surface area contributed by atoms with Crippen molar-refractivity contribution in [3.8, 4) is 0 Å². The number of nitrogens with zero attached hydrogens (tertiary/aromatic N) is 2. The van der Waals surface area contributed by atoms with Crippen molar-refractivity contribution in [2.45, 2.75) is 65.7 Å². The number of carbonyl (C=O) groups is 1. The number of pyridine rings is 1. The molecule has 2 aromatic rings. The number of carbonyl (C=O) groups excluding carboxylic acids is 1. The average molecular weight is 389 g/mol. The van der Waals surface area contributed by atoms with Gasteiger partial charge >= 0.3 is 5.97 Å². The number of aromatic nitrogens is 1. The zero-order chi connectivity index (χ0) is 19.2. The molecule has 5 nitrogen and oxygen atoms in total. The van der Waals surface area contributed by atoms with Crippen molar-refractivity contribution in [2.75, 3.05) is 13.2 Å². The summed E-state index contributed by atoms with van der Waals surface area (Å²) in [6.45, 7) is 6.81. The summed E-state index contributed by atoms with van der Waals surface area (Å²) in [6, 6.07) is 0. The first kappa shape index (κ1) is 19.8. The lowest BCUT2D eigenvalue weighted by molar-refractivity contribution is 0.0533. The van der Waals surface area contributed by atoms with Crippen molar-refractivity contribution < 1.29 is 14.3 Å². The Morgan fingerprint density at radius 3 is 2.67 bits per heavy atom. The maximum absolute atomic E-state index is 12.5. The van der Waals surface area contributed by atoms with Gasteiger partial charge in [0.1, 0.15) is 15.4 Å². The Labute approximate surface area is 164 Å². The zero-order valence-corrected chi connectivity index (χ0v) is 17.3. The molecule has 0 saturated heterocycles. The van der Waals surface area contributed by atoms with E-state index in [1.165, 1.54) is 47.4 Å². The molecule has 0 spiro atoms. The lowest BCUT2D eigenvalue weighted by Crippen LogP contribution is -2.09. The first-order chi connectivity index (χ1) is 13.2. The summed E-state index contributed by atoms with van der Waals surface area (Å²) in [7, 11) is 0. The summed E-state index contributed by atoms with van der Waals surface area (Å²) in [5, 5.41) is 1.02. The number of thiophene rings is 1. The van der Waals surface area contributed by atoms with Crippen LogP contribution in [0.4, 0.5) is 5.69 Å². The highest BCUT2D eigenvalue weighted by molar-refractivity contribution is 7.21. The van der Waals surface area contributed by atoms with Crippen LogP contribution in [0.25, 0.3) is 10.2 Å². The predicted octanol–water partition coefficient (Wildman–Crippen LogP) is 5.39. The van der Waals surface area contributed by atoms with Crippen molar-refractivity contribution in [1.82, 2.24) is 4.98 Å². The van der Waals surface area contributed by atoms with Gasteiger partial charge in [0.05, 0.1) is 13.2 Å². The van der Waals surface area contributed by atoms with Crippen LogP contribution in [-0.2, 0) is 28.7 Å². The first-order valence-electron chi connectivity index (χ1n) is 9.99. The summed E-state index contributed by atoms with van der Waals surface area (Å²) in [4.78, 5) is 23.4. The van der Waals surface area contributed by atoms with Crippen LogP contribution >= 0.6 is 11.3 Å². The molecule has 1 aliphatic rings. The average Bonchev–Trinajstić information content (AvgIpc) is 3.05. The molecule has 0 amide bonds. The molecule has 2 heterocycles. The Hall–Kier alpha value is -1.95. The van der Waals surface area contributed by atoms with Crippen molar-refractivity contribution in [3.05, 3.63) is 21.7 Å². The molecule has 0 saturated carbocycles. The van der Waals surface area contributed by atoms with Gasteiger partial charge in [-0.1, -0.05) is 13.3 Å². The minimum Gasteiger partial charge on any atom is -0.483 e. The number of aryl methyl sites for hydroxylation is 2. The summed E-state index contributed by atoms with van der Waals surface area (Å²) < 4.78 is 10.6. The minimum absolute atomic E-state index is 0.330. The van der Waals surface area contributed by atoms with Gasteiger partial charge in [-0.2, -0.15) is 0 Å². The molecular formula is C21H28N2O3S. The smallest absolute Gasteiger partial charge is 0.350 e. The second-order valence-electron chi connectivity index (χ2n) is 6.70. The predicted molar refractivity (Wildman–Crippen MR) is 111 cm³/mol. The van der Waals surface area contributed by atoms with Crippen LogP contribution in [0.1, 0.15) is 72.9 Å². The summed E-state index contributed by atoms with van der Waals surface area (Å²) in [6.07, 6.45) is 9.17. The number of aliphatic imine (C=N–C) groups is 1. The summed E-state index contributed by atoms with van der Waals surface area (Å²) in [5.74, 6) is -0.330. The molecule has 0 aliphatic heterocycles. The molecule has 0 atom stereocenters. The molecule has 0 N–H and O–H groups in total. The number of esters is 1. The lowest BCUT2D eigenvalue weighted by atomic mass is 9.87. The quantitative estimate of drug-likeness (QED) is 0.345. The second kappa shape index (κ2) is 9.31. The van der Waals surface area contributed by atoms with E-state index in [-0.39, 0.29) is 5.97 Å². The van der Waals surface area contributed by atoms with Crippen LogP contribution < -0.4 is 0 Å². The molecule has 0 aromatic carbocycles. The highest BCUT2D eigenvalue weighted by Crippen LogP contribution is 2.43. The van der Waals surface area contributed by atoms with Gasteiger partial charge in [0.2, 0.25) is 0 Å². The molecule has 27 heavy (non-hydrogen) atoms. The number of hydrogen-bond acceptors (Lipinski definition) is 6. The van der Waals surface area contributed by atoms with Gasteiger partial charge < -0.3 is 9.47 Å². The van der Waals surface area contributed by atoms with E-state index in [2.05, 4.69) is 11.9 Å². The molecular weight excluding hydrogens is 360 g/mol. The standard InChI is InChI=1S/C21H28N2O3S/c1-4-7-12-16-14-10-8-9-11-15(14)17-18(22-13-25-5-2)19(21(24)26-6-3)27-20(17)23-16/h13H,4-12H2,1-3H3. The molecule has 0 radical (unpaired) electrons. The van der Waals surface area contributed by atoms with E-state index in [1.54, 1.807) is 0 Å². The number of ether oxygens (including phenoxy) is 2. The highest BCUT2D eigenvalue weighted by atomic mass is 32.1. The van der Waals surface area contributed by atoms with Crippen molar-refractivity contribution in [3.63, 3.8) is 0 Å². The largest absolute Gasteiger partial charge is 0.483 e. The van der Waals surface area contributed by atoms with E-state index in [1.807, 2.05) is 13.8 Å². The first-order valence-corrected chi connectivity index (χ1v) is 10.8. The number of rotatable bonds is 8. The lowest BCUT2D eigenvalue weighted by Gasteiger charge is -2.20. The van der Waals surface area contributed by atoms with Crippen LogP contribution in [-0.4, -0.2) is 30.6 Å². The Morgan fingerprint density at radius 2 is 1.96 bits per heavy atom. The van der Waals surface area contributed by atoms with Crippen LogP contribution in [0.3, 0.4) is 0 Å². The van der Waals surface area contributed by atoms with Crippen molar-refractivity contribution in [1.29, 1.82) is 0 Å². The Bertz CT molecular complexity index is 842. The molecule has 0 bridgehead atoms. The molecule has 2 aromatic heterocycles. The fourth-order valence-electron chi connectivity index (χ4n) is 3.63. The Morgan fingerprint density at radius 1 is 1.19 bits per heavy atom. The van der Waals surface area contributed by atoms with Crippen LogP contribution in [0.2, 0.25) is 0 Å². The van der Waals surface area contributed by atoms with Gasteiger partial charge in [-0.25, -0.2) is 14.8 Å². The molecule has 146 valence electrons. The van der Waals surface area contributed by atoms with Crippen LogP contribution in [0, 0.1) is 0 Å². The topological polar surface area (TPSA) is 60.8 Å². The fourth-order valence-corrected chi connectivity index (χ4v) is 4.69. The van der Waals surface area contributed by atoms with Gasteiger partial charge in [0, 0.05) is 11.1 Å². The van der Waals surface area contributed by atoms with Gasteiger partial charge in [-0.3, -0.25) is 0 Å². The van der Waals surface area contributed by atoms with Crippen molar-refractivity contribution >= 4 is 39.6 Å². The molecule has 3 rings (SSSR count). The maximum atomic E-state index is 12.5. The van der Waals surface area contributed by atoms with Gasteiger partial charge in [-0.05, 0) is 63.5 Å².